The second-order valence-corrected chi connectivity index (χ2v) is 2.99. The topological polar surface area (TPSA) is 70.1 Å². The van der Waals surface area contributed by atoms with E-state index in [1.165, 1.54) is 0 Å². The van der Waals surface area contributed by atoms with Crippen LogP contribution in [-0.2, 0) is 4.79 Å². The number of carbonyl (C=O) groups excluding carboxylic acids is 1. The van der Waals surface area contributed by atoms with Gasteiger partial charge < -0.3 is 10.6 Å². The second-order valence-electron chi connectivity index (χ2n) is 2.99. The highest BCUT2D eigenvalue weighted by atomic mass is 16.2. The number of hydrogen-bond acceptors (Lipinski definition) is 3. The predicted octanol–water partition coefficient (Wildman–Crippen LogP) is 0.197. The fraction of sp³-hybridized carbons (Fsp3) is 0.750. The summed E-state index contributed by atoms with van der Waals surface area (Å²) in [6.45, 7) is 0.710. The molecule has 1 saturated heterocycles. The van der Waals surface area contributed by atoms with E-state index in [-0.39, 0.29) is 18.5 Å². The number of amides is 1. The molecule has 1 fully saturated rings. The van der Waals surface area contributed by atoms with Gasteiger partial charge in [0.1, 0.15) is 6.42 Å². The molecule has 1 amide bonds. The summed E-state index contributed by atoms with van der Waals surface area (Å²) >= 11 is 0. The van der Waals surface area contributed by atoms with Gasteiger partial charge in [-0.15, -0.1) is 0 Å². The molecule has 2 N–H and O–H groups in total. The molecule has 0 aromatic carbocycles. The van der Waals surface area contributed by atoms with E-state index in [0.29, 0.717) is 6.54 Å². The van der Waals surface area contributed by atoms with Crippen LogP contribution in [0.15, 0.2) is 0 Å². The molecule has 0 saturated carbocycles. The second kappa shape index (κ2) is 4.07. The van der Waals surface area contributed by atoms with Gasteiger partial charge in [-0.05, 0) is 19.3 Å². The lowest BCUT2D eigenvalue weighted by Crippen LogP contribution is -2.48. The molecule has 0 aliphatic carbocycles. The molecular weight excluding hydrogens is 154 g/mol. The van der Waals surface area contributed by atoms with Crippen molar-refractivity contribution in [2.24, 2.45) is 5.73 Å². The van der Waals surface area contributed by atoms with E-state index >= 15 is 0 Å². The molecule has 4 heteroatoms. The van der Waals surface area contributed by atoms with Crippen LogP contribution in [0.4, 0.5) is 0 Å². The molecule has 4 nitrogen and oxygen atoms in total. The van der Waals surface area contributed by atoms with Crippen molar-refractivity contribution in [3.63, 3.8) is 0 Å². The van der Waals surface area contributed by atoms with E-state index in [1.54, 1.807) is 4.90 Å². The van der Waals surface area contributed by atoms with Crippen LogP contribution in [-0.4, -0.2) is 23.5 Å². The largest absolute Gasteiger partial charge is 0.327 e. The van der Waals surface area contributed by atoms with E-state index in [0.717, 1.165) is 19.3 Å². The summed E-state index contributed by atoms with van der Waals surface area (Å²) in [5.41, 5.74) is 5.71. The van der Waals surface area contributed by atoms with Crippen molar-refractivity contribution in [1.29, 1.82) is 5.26 Å². The Morgan fingerprint density at radius 3 is 3.00 bits per heavy atom. The molecule has 0 aromatic rings. The molecule has 1 rings (SSSR count). The third-order valence-corrected chi connectivity index (χ3v) is 2.10. The van der Waals surface area contributed by atoms with Gasteiger partial charge in [-0.25, -0.2) is 0 Å². The van der Waals surface area contributed by atoms with Crippen molar-refractivity contribution in [1.82, 2.24) is 4.90 Å². The first-order valence-corrected chi connectivity index (χ1v) is 4.17. The third kappa shape index (κ3) is 1.95. The van der Waals surface area contributed by atoms with Gasteiger partial charge in [-0.1, -0.05) is 0 Å². The predicted molar refractivity (Wildman–Crippen MR) is 43.8 cm³/mol. The van der Waals surface area contributed by atoms with E-state index in [1.807, 2.05) is 6.07 Å². The van der Waals surface area contributed by atoms with Crippen molar-refractivity contribution in [2.45, 2.75) is 31.8 Å². The summed E-state index contributed by atoms with van der Waals surface area (Å²) in [5.74, 6) is -0.135. The van der Waals surface area contributed by atoms with Crippen LogP contribution in [0.2, 0.25) is 0 Å². The fourth-order valence-corrected chi connectivity index (χ4v) is 1.44. The highest BCUT2D eigenvalue weighted by Crippen LogP contribution is 2.13. The molecular formula is C8H13N3O. The number of likely N-dealkylation sites (tertiary alicyclic amines) is 1. The lowest BCUT2D eigenvalue weighted by atomic mass is 10.1. The number of nitriles is 1. The van der Waals surface area contributed by atoms with Gasteiger partial charge in [-0.2, -0.15) is 5.26 Å². The number of nitrogens with two attached hydrogens (primary N) is 1. The van der Waals surface area contributed by atoms with Crippen molar-refractivity contribution in [2.75, 3.05) is 6.54 Å². The maximum atomic E-state index is 11.2. The Bertz CT molecular complexity index is 209. The zero-order valence-electron chi connectivity index (χ0n) is 6.99. The van der Waals surface area contributed by atoms with Crippen LogP contribution in [0.3, 0.4) is 0 Å². The first kappa shape index (κ1) is 9.01. The van der Waals surface area contributed by atoms with E-state index in [9.17, 15) is 4.79 Å². The molecule has 0 spiro atoms. The van der Waals surface area contributed by atoms with E-state index < -0.39 is 0 Å². The quantitative estimate of drug-likeness (QED) is 0.606. The molecule has 66 valence electrons. The van der Waals surface area contributed by atoms with Crippen LogP contribution in [0.5, 0.6) is 0 Å². The number of piperidine rings is 1. The molecule has 1 atom stereocenters. The molecule has 0 aromatic heterocycles. The first-order valence-electron chi connectivity index (χ1n) is 4.17. The molecule has 1 heterocycles. The number of carbonyl (C=O) groups is 1. The Balaban J connectivity index is 2.49. The van der Waals surface area contributed by atoms with Crippen molar-refractivity contribution in [3.8, 4) is 6.07 Å². The Morgan fingerprint density at radius 1 is 1.67 bits per heavy atom. The minimum Gasteiger partial charge on any atom is -0.327 e. The van der Waals surface area contributed by atoms with Gasteiger partial charge in [0.2, 0.25) is 5.91 Å². The average Bonchev–Trinajstić information content (AvgIpc) is 2.05. The lowest BCUT2D eigenvalue weighted by molar-refractivity contribution is -0.133. The molecule has 12 heavy (non-hydrogen) atoms. The number of nitrogens with zero attached hydrogens (tertiary/aromatic N) is 2. The van der Waals surface area contributed by atoms with Crippen molar-refractivity contribution < 1.29 is 4.79 Å². The van der Waals surface area contributed by atoms with E-state index in [4.69, 9.17) is 11.0 Å². The minimum absolute atomic E-state index is 0.0479. The van der Waals surface area contributed by atoms with Crippen LogP contribution >= 0.6 is 0 Å². The van der Waals surface area contributed by atoms with Gasteiger partial charge in [0, 0.05) is 6.54 Å². The standard InChI is InChI=1S/C8H13N3O/c9-5-4-8(12)11-6-2-1-3-7(11)10/h7H,1-4,6,10H2. The monoisotopic (exact) mass is 167 g/mol. The summed E-state index contributed by atoms with van der Waals surface area (Å²) in [5, 5.41) is 8.32. The molecule has 1 aliphatic heterocycles. The zero-order chi connectivity index (χ0) is 8.97. The van der Waals surface area contributed by atoms with Crippen LogP contribution in [0, 0.1) is 11.3 Å². The van der Waals surface area contributed by atoms with Gasteiger partial charge in [-0.3, -0.25) is 4.79 Å². The molecule has 0 bridgehead atoms. The van der Waals surface area contributed by atoms with Crippen LogP contribution in [0.25, 0.3) is 0 Å². The maximum Gasteiger partial charge on any atom is 0.238 e. The summed E-state index contributed by atoms with van der Waals surface area (Å²) < 4.78 is 0. The summed E-state index contributed by atoms with van der Waals surface area (Å²) in [7, 11) is 0. The Hall–Kier alpha value is -1.08. The third-order valence-electron chi connectivity index (χ3n) is 2.10. The molecule has 1 aliphatic rings. The highest BCUT2D eigenvalue weighted by Gasteiger charge is 2.22. The van der Waals surface area contributed by atoms with Gasteiger partial charge in [0.25, 0.3) is 0 Å². The van der Waals surface area contributed by atoms with Crippen LogP contribution < -0.4 is 5.73 Å². The van der Waals surface area contributed by atoms with Gasteiger partial charge in [0.05, 0.1) is 12.2 Å². The average molecular weight is 167 g/mol. The summed E-state index contributed by atoms with van der Waals surface area (Å²) in [4.78, 5) is 12.8. The Labute approximate surface area is 71.9 Å². The van der Waals surface area contributed by atoms with Gasteiger partial charge >= 0.3 is 0 Å². The Morgan fingerprint density at radius 2 is 2.42 bits per heavy atom. The van der Waals surface area contributed by atoms with Gasteiger partial charge in [0.15, 0.2) is 0 Å². The normalized spacial score (nSPS) is 23.3. The summed E-state index contributed by atoms with van der Waals surface area (Å²) in [6, 6.07) is 1.84. The fourth-order valence-electron chi connectivity index (χ4n) is 1.44. The number of hydrogen-bond donors (Lipinski definition) is 1. The molecule has 1 unspecified atom stereocenters. The van der Waals surface area contributed by atoms with E-state index in [2.05, 4.69) is 0 Å². The zero-order valence-corrected chi connectivity index (χ0v) is 6.99. The minimum atomic E-state index is -0.167. The summed E-state index contributed by atoms with van der Waals surface area (Å²) in [6.07, 6.45) is 2.73. The SMILES string of the molecule is N#CCC(=O)N1CCCCC1N. The smallest absolute Gasteiger partial charge is 0.238 e. The van der Waals surface area contributed by atoms with Crippen LogP contribution in [0.1, 0.15) is 25.7 Å². The lowest BCUT2D eigenvalue weighted by Gasteiger charge is -2.32. The first-order chi connectivity index (χ1) is 5.75. The molecule has 0 radical (unpaired) electrons. The van der Waals surface area contributed by atoms with Crippen molar-refractivity contribution in [3.05, 3.63) is 0 Å². The Kier molecular flexibility index (Phi) is 3.06. The highest BCUT2D eigenvalue weighted by molar-refractivity contribution is 5.78. The maximum absolute atomic E-state index is 11.2. The van der Waals surface area contributed by atoms with Crippen molar-refractivity contribution >= 4 is 5.91 Å². The number of rotatable bonds is 1.